The Morgan fingerprint density at radius 3 is 2.50 bits per heavy atom. The molecule has 4 heteroatoms. The Bertz CT molecular complexity index is 413. The predicted octanol–water partition coefficient (Wildman–Crippen LogP) is 2.98. The van der Waals surface area contributed by atoms with Crippen LogP contribution >= 0.6 is 15.9 Å². The molecule has 2 aromatic rings. The van der Waals surface area contributed by atoms with E-state index in [2.05, 4.69) is 26.1 Å². The molecule has 0 aliphatic rings. The molecular weight excluding hydrogens is 244 g/mol. The maximum Gasteiger partial charge on any atom is 0.284 e. The molecule has 1 unspecified atom stereocenters. The zero-order chi connectivity index (χ0) is 9.97. The molecule has 0 N–H and O–H groups in total. The molecular formula is C10H9BrN2O. The van der Waals surface area contributed by atoms with E-state index in [1.165, 1.54) is 5.56 Å². The number of rotatable bonds is 2. The summed E-state index contributed by atoms with van der Waals surface area (Å²) < 4.78 is 5.29. The summed E-state index contributed by atoms with van der Waals surface area (Å²) in [5, 5.41) is 7.69. The van der Waals surface area contributed by atoms with E-state index in [9.17, 15) is 0 Å². The van der Waals surface area contributed by atoms with Crippen LogP contribution in [0.2, 0.25) is 0 Å². The van der Waals surface area contributed by atoms with E-state index in [0.717, 1.165) is 0 Å². The molecule has 0 saturated carbocycles. The third-order valence-corrected chi connectivity index (χ3v) is 2.41. The summed E-state index contributed by atoms with van der Waals surface area (Å²) >= 11 is 3.13. The molecule has 0 saturated heterocycles. The Morgan fingerprint density at radius 2 is 1.93 bits per heavy atom. The number of hydrogen-bond acceptors (Lipinski definition) is 3. The average molecular weight is 253 g/mol. The predicted molar refractivity (Wildman–Crippen MR) is 56.0 cm³/mol. The van der Waals surface area contributed by atoms with Crippen LogP contribution in [0, 0.1) is 0 Å². The average Bonchev–Trinajstić information content (AvgIpc) is 2.65. The summed E-state index contributed by atoms with van der Waals surface area (Å²) in [6, 6.07) is 10.1. The van der Waals surface area contributed by atoms with Crippen molar-refractivity contribution in [2.24, 2.45) is 0 Å². The number of benzene rings is 1. The van der Waals surface area contributed by atoms with Crippen LogP contribution in [0.4, 0.5) is 0 Å². The standard InChI is InChI=1S/C10H9BrN2O/c1-7(8-5-3-2-4-6-8)9-12-13-10(11)14-9/h2-7H,1H3. The highest BCUT2D eigenvalue weighted by molar-refractivity contribution is 9.10. The molecule has 1 aromatic carbocycles. The maximum atomic E-state index is 5.29. The van der Waals surface area contributed by atoms with E-state index in [-0.39, 0.29) is 5.92 Å². The third-order valence-electron chi connectivity index (χ3n) is 2.09. The topological polar surface area (TPSA) is 38.9 Å². The van der Waals surface area contributed by atoms with Gasteiger partial charge in [0.1, 0.15) is 0 Å². The van der Waals surface area contributed by atoms with Crippen molar-refractivity contribution < 1.29 is 4.42 Å². The minimum atomic E-state index is 0.134. The van der Waals surface area contributed by atoms with Gasteiger partial charge in [0, 0.05) is 15.9 Å². The minimum Gasteiger partial charge on any atom is -0.415 e. The van der Waals surface area contributed by atoms with Gasteiger partial charge >= 0.3 is 0 Å². The van der Waals surface area contributed by atoms with Crippen LogP contribution in [-0.4, -0.2) is 10.2 Å². The Morgan fingerprint density at radius 1 is 1.21 bits per heavy atom. The Kier molecular flexibility index (Phi) is 2.63. The quantitative estimate of drug-likeness (QED) is 0.825. The molecule has 14 heavy (non-hydrogen) atoms. The van der Waals surface area contributed by atoms with Crippen LogP contribution in [0.3, 0.4) is 0 Å². The number of nitrogens with zero attached hydrogens (tertiary/aromatic N) is 2. The number of halogens is 1. The highest BCUT2D eigenvalue weighted by atomic mass is 79.9. The first-order valence-corrected chi connectivity index (χ1v) is 5.10. The molecule has 2 rings (SSSR count). The van der Waals surface area contributed by atoms with Gasteiger partial charge in [0.25, 0.3) is 4.80 Å². The van der Waals surface area contributed by atoms with E-state index in [1.54, 1.807) is 0 Å². The van der Waals surface area contributed by atoms with Gasteiger partial charge in [-0.05, 0) is 12.5 Å². The molecule has 72 valence electrons. The van der Waals surface area contributed by atoms with Crippen LogP contribution in [0.15, 0.2) is 39.5 Å². The zero-order valence-corrected chi connectivity index (χ0v) is 9.23. The first-order chi connectivity index (χ1) is 6.77. The van der Waals surface area contributed by atoms with Crippen LogP contribution in [-0.2, 0) is 0 Å². The maximum absolute atomic E-state index is 5.29. The number of hydrogen-bond donors (Lipinski definition) is 0. The summed E-state index contributed by atoms with van der Waals surface area (Å²) in [4.78, 5) is 0.426. The lowest BCUT2D eigenvalue weighted by atomic mass is 10.0. The lowest BCUT2D eigenvalue weighted by Crippen LogP contribution is -1.95. The molecule has 0 fully saturated rings. The highest BCUT2D eigenvalue weighted by Crippen LogP contribution is 2.23. The van der Waals surface area contributed by atoms with Gasteiger partial charge in [-0.2, -0.15) is 0 Å². The van der Waals surface area contributed by atoms with E-state index in [1.807, 2.05) is 37.3 Å². The Hall–Kier alpha value is -1.16. The minimum absolute atomic E-state index is 0.134. The third kappa shape index (κ3) is 1.85. The molecule has 0 aliphatic heterocycles. The van der Waals surface area contributed by atoms with Crippen molar-refractivity contribution >= 4 is 15.9 Å². The van der Waals surface area contributed by atoms with Crippen molar-refractivity contribution in [3.05, 3.63) is 46.6 Å². The lowest BCUT2D eigenvalue weighted by molar-refractivity contribution is 0.459. The van der Waals surface area contributed by atoms with Gasteiger partial charge in [0.05, 0.1) is 5.92 Å². The van der Waals surface area contributed by atoms with Crippen molar-refractivity contribution in [1.82, 2.24) is 10.2 Å². The molecule has 0 spiro atoms. The summed E-state index contributed by atoms with van der Waals surface area (Å²) in [6.07, 6.45) is 0. The van der Waals surface area contributed by atoms with Gasteiger partial charge in [-0.3, -0.25) is 0 Å². The second kappa shape index (κ2) is 3.92. The summed E-state index contributed by atoms with van der Waals surface area (Å²) in [5.41, 5.74) is 1.17. The Labute approximate surface area is 90.3 Å². The Balaban J connectivity index is 2.29. The largest absolute Gasteiger partial charge is 0.415 e. The molecule has 1 atom stereocenters. The van der Waals surface area contributed by atoms with Gasteiger partial charge in [-0.25, -0.2) is 0 Å². The summed E-state index contributed by atoms with van der Waals surface area (Å²) in [5.74, 6) is 0.762. The van der Waals surface area contributed by atoms with Gasteiger partial charge in [0.15, 0.2) is 0 Å². The van der Waals surface area contributed by atoms with Crippen molar-refractivity contribution in [2.45, 2.75) is 12.8 Å². The van der Waals surface area contributed by atoms with Crippen LogP contribution in [0.25, 0.3) is 0 Å². The SMILES string of the molecule is CC(c1ccccc1)c1nnc(Br)o1. The summed E-state index contributed by atoms with van der Waals surface area (Å²) in [6.45, 7) is 2.04. The molecule has 0 bridgehead atoms. The lowest BCUT2D eigenvalue weighted by Gasteiger charge is -2.05. The normalized spacial score (nSPS) is 12.7. The molecule has 1 aromatic heterocycles. The molecule has 0 amide bonds. The van der Waals surface area contributed by atoms with Crippen molar-refractivity contribution in [1.29, 1.82) is 0 Å². The fraction of sp³-hybridized carbons (Fsp3) is 0.200. The van der Waals surface area contributed by atoms with Gasteiger partial charge in [-0.15, -0.1) is 10.2 Å². The van der Waals surface area contributed by atoms with Crippen LogP contribution < -0.4 is 0 Å². The highest BCUT2D eigenvalue weighted by Gasteiger charge is 2.14. The molecule has 3 nitrogen and oxygen atoms in total. The van der Waals surface area contributed by atoms with E-state index < -0.39 is 0 Å². The van der Waals surface area contributed by atoms with E-state index in [0.29, 0.717) is 10.7 Å². The van der Waals surface area contributed by atoms with E-state index >= 15 is 0 Å². The summed E-state index contributed by atoms with van der Waals surface area (Å²) in [7, 11) is 0. The first-order valence-electron chi connectivity index (χ1n) is 4.31. The second-order valence-electron chi connectivity index (χ2n) is 3.03. The van der Waals surface area contributed by atoms with Gasteiger partial charge in [-0.1, -0.05) is 30.3 Å². The van der Waals surface area contributed by atoms with Gasteiger partial charge < -0.3 is 4.42 Å². The fourth-order valence-electron chi connectivity index (χ4n) is 1.27. The van der Waals surface area contributed by atoms with Crippen molar-refractivity contribution in [2.75, 3.05) is 0 Å². The van der Waals surface area contributed by atoms with Gasteiger partial charge in [0.2, 0.25) is 5.89 Å². The number of aromatic nitrogens is 2. The second-order valence-corrected chi connectivity index (χ2v) is 3.70. The van der Waals surface area contributed by atoms with Crippen LogP contribution in [0.1, 0.15) is 24.3 Å². The zero-order valence-electron chi connectivity index (χ0n) is 7.64. The van der Waals surface area contributed by atoms with Crippen molar-refractivity contribution in [3.8, 4) is 0 Å². The monoisotopic (exact) mass is 252 g/mol. The molecule has 0 aliphatic carbocycles. The first kappa shape index (κ1) is 9.40. The molecule has 0 radical (unpaired) electrons. The van der Waals surface area contributed by atoms with Crippen molar-refractivity contribution in [3.63, 3.8) is 0 Å². The van der Waals surface area contributed by atoms with Crippen LogP contribution in [0.5, 0.6) is 0 Å². The molecule has 1 heterocycles. The fourth-order valence-corrected chi connectivity index (χ4v) is 1.52. The smallest absolute Gasteiger partial charge is 0.284 e. The van der Waals surface area contributed by atoms with E-state index in [4.69, 9.17) is 4.42 Å².